The molecule has 1 nitrogen and oxygen atoms in total. The molecule has 2 atom stereocenters. The van der Waals surface area contributed by atoms with Gasteiger partial charge in [0.25, 0.3) is 0 Å². The minimum Gasteiger partial charge on any atom is -0.281 e. The van der Waals surface area contributed by atoms with E-state index >= 15 is 0 Å². The number of halogens is 2. The topological polar surface area (TPSA) is 17.1 Å². The van der Waals surface area contributed by atoms with Crippen LogP contribution in [0.2, 0.25) is 0 Å². The van der Waals surface area contributed by atoms with Gasteiger partial charge in [-0.25, -0.2) is 0 Å². The van der Waals surface area contributed by atoms with E-state index in [2.05, 4.69) is 0 Å². The van der Waals surface area contributed by atoms with E-state index in [4.69, 9.17) is 23.2 Å². The van der Waals surface area contributed by atoms with E-state index in [0.717, 1.165) is 25.7 Å². The summed E-state index contributed by atoms with van der Waals surface area (Å²) in [4.78, 5) is 10.8. The van der Waals surface area contributed by atoms with Crippen molar-refractivity contribution in [3.8, 4) is 0 Å². The molecular formula is C8H12Cl2O. The summed E-state index contributed by atoms with van der Waals surface area (Å²) in [5.74, 6) is 1.26. The number of alkyl halides is 1. The molecule has 0 amide bonds. The molecular weight excluding hydrogens is 183 g/mol. The first-order valence-corrected chi connectivity index (χ1v) is 4.90. The second kappa shape index (κ2) is 4.32. The minimum absolute atomic E-state index is 0.0779. The Morgan fingerprint density at radius 3 is 2.73 bits per heavy atom. The summed E-state index contributed by atoms with van der Waals surface area (Å²) in [6.45, 7) is 0. The van der Waals surface area contributed by atoms with Gasteiger partial charge in [-0.15, -0.1) is 11.6 Å². The van der Waals surface area contributed by atoms with Crippen molar-refractivity contribution in [3.05, 3.63) is 0 Å². The highest BCUT2D eigenvalue weighted by Gasteiger charge is 2.25. The van der Waals surface area contributed by atoms with E-state index in [1.165, 1.54) is 0 Å². The molecule has 0 spiro atoms. The molecule has 0 heterocycles. The van der Waals surface area contributed by atoms with E-state index < -0.39 is 0 Å². The van der Waals surface area contributed by atoms with Crippen molar-refractivity contribution < 1.29 is 4.79 Å². The van der Waals surface area contributed by atoms with Crippen LogP contribution in [0.25, 0.3) is 0 Å². The van der Waals surface area contributed by atoms with Crippen LogP contribution < -0.4 is 0 Å². The van der Waals surface area contributed by atoms with Crippen LogP contribution in [0.5, 0.6) is 0 Å². The third-order valence-corrected chi connectivity index (χ3v) is 3.07. The Labute approximate surface area is 77.1 Å². The summed E-state index contributed by atoms with van der Waals surface area (Å²) >= 11 is 11.1. The van der Waals surface area contributed by atoms with Crippen LogP contribution in [0.3, 0.4) is 0 Å². The molecule has 1 fully saturated rings. The predicted octanol–water partition coefficient (Wildman–Crippen LogP) is 2.80. The molecule has 3 heteroatoms. The van der Waals surface area contributed by atoms with Crippen LogP contribution in [0.15, 0.2) is 0 Å². The predicted molar refractivity (Wildman–Crippen MR) is 47.0 cm³/mol. The SMILES string of the molecule is O=C(Cl)C1CCCC(CCl)C1. The number of hydrogen-bond donors (Lipinski definition) is 0. The molecule has 64 valence electrons. The van der Waals surface area contributed by atoms with Crippen LogP contribution in [-0.2, 0) is 4.79 Å². The molecule has 1 rings (SSSR count). The van der Waals surface area contributed by atoms with Gasteiger partial charge in [-0.05, 0) is 36.8 Å². The molecule has 11 heavy (non-hydrogen) atoms. The van der Waals surface area contributed by atoms with Crippen LogP contribution in [0.1, 0.15) is 25.7 Å². The summed E-state index contributed by atoms with van der Waals surface area (Å²) < 4.78 is 0. The number of rotatable bonds is 2. The van der Waals surface area contributed by atoms with Crippen molar-refractivity contribution in [3.63, 3.8) is 0 Å². The highest BCUT2D eigenvalue weighted by Crippen LogP contribution is 2.30. The molecule has 0 radical (unpaired) electrons. The zero-order valence-corrected chi connectivity index (χ0v) is 7.87. The van der Waals surface area contributed by atoms with Gasteiger partial charge in [0.1, 0.15) is 0 Å². The summed E-state index contributed by atoms with van der Waals surface area (Å²) in [6.07, 6.45) is 4.10. The largest absolute Gasteiger partial charge is 0.281 e. The molecule has 0 aromatic carbocycles. The normalized spacial score (nSPS) is 31.8. The summed E-state index contributed by atoms with van der Waals surface area (Å²) in [5, 5.41) is -0.181. The maximum absolute atomic E-state index is 10.8. The van der Waals surface area contributed by atoms with Gasteiger partial charge in [-0.3, -0.25) is 4.79 Å². The van der Waals surface area contributed by atoms with Gasteiger partial charge < -0.3 is 0 Å². The van der Waals surface area contributed by atoms with E-state index in [1.807, 2.05) is 0 Å². The van der Waals surface area contributed by atoms with Crippen LogP contribution in [-0.4, -0.2) is 11.1 Å². The third kappa shape index (κ3) is 2.64. The maximum atomic E-state index is 10.8. The van der Waals surface area contributed by atoms with Gasteiger partial charge in [-0.2, -0.15) is 0 Å². The monoisotopic (exact) mass is 194 g/mol. The molecule has 1 aliphatic rings. The van der Waals surface area contributed by atoms with Gasteiger partial charge in [0.05, 0.1) is 0 Å². The van der Waals surface area contributed by atoms with Gasteiger partial charge in [0.15, 0.2) is 0 Å². The number of carbonyl (C=O) groups is 1. The van der Waals surface area contributed by atoms with Gasteiger partial charge in [-0.1, -0.05) is 6.42 Å². The lowest BCUT2D eigenvalue weighted by Crippen LogP contribution is -2.20. The number of carbonyl (C=O) groups excluding carboxylic acids is 1. The Hall–Kier alpha value is 0.250. The molecule has 0 N–H and O–H groups in total. The Balaban J connectivity index is 2.39. The third-order valence-electron chi connectivity index (χ3n) is 2.32. The molecule has 2 unspecified atom stereocenters. The quantitative estimate of drug-likeness (QED) is 0.489. The Bertz CT molecular complexity index is 147. The smallest absolute Gasteiger partial charge is 0.224 e. The Morgan fingerprint density at radius 1 is 1.45 bits per heavy atom. The lowest BCUT2D eigenvalue weighted by Gasteiger charge is -2.24. The standard InChI is InChI=1S/C8H12Cl2O/c9-5-6-2-1-3-7(4-6)8(10)11/h6-7H,1-5H2. The zero-order chi connectivity index (χ0) is 8.27. The maximum Gasteiger partial charge on any atom is 0.224 e. The minimum atomic E-state index is -0.181. The molecule has 1 aliphatic carbocycles. The summed E-state index contributed by atoms with van der Waals surface area (Å²) in [6, 6.07) is 0. The van der Waals surface area contributed by atoms with E-state index in [1.54, 1.807) is 0 Å². The van der Waals surface area contributed by atoms with E-state index in [9.17, 15) is 4.79 Å². The Kier molecular flexibility index (Phi) is 3.67. The van der Waals surface area contributed by atoms with Gasteiger partial charge in [0.2, 0.25) is 5.24 Å². The van der Waals surface area contributed by atoms with Crippen molar-refractivity contribution in [1.29, 1.82) is 0 Å². The second-order valence-electron chi connectivity index (χ2n) is 3.19. The highest BCUT2D eigenvalue weighted by molar-refractivity contribution is 6.63. The molecule has 0 saturated heterocycles. The molecule has 0 aromatic rings. The Morgan fingerprint density at radius 2 is 2.18 bits per heavy atom. The molecule has 0 aliphatic heterocycles. The first-order chi connectivity index (χ1) is 5.24. The van der Waals surface area contributed by atoms with Gasteiger partial charge >= 0.3 is 0 Å². The second-order valence-corrected chi connectivity index (χ2v) is 3.87. The first kappa shape index (κ1) is 9.34. The van der Waals surface area contributed by atoms with Crippen molar-refractivity contribution in [2.24, 2.45) is 11.8 Å². The fourth-order valence-corrected chi connectivity index (χ4v) is 2.12. The van der Waals surface area contributed by atoms with Crippen molar-refractivity contribution in [2.45, 2.75) is 25.7 Å². The van der Waals surface area contributed by atoms with Crippen molar-refractivity contribution in [2.75, 3.05) is 5.88 Å². The van der Waals surface area contributed by atoms with Crippen LogP contribution >= 0.6 is 23.2 Å². The van der Waals surface area contributed by atoms with E-state index in [-0.39, 0.29) is 11.2 Å². The fraction of sp³-hybridized carbons (Fsp3) is 0.875. The molecule has 0 aromatic heterocycles. The van der Waals surface area contributed by atoms with Gasteiger partial charge in [0, 0.05) is 11.8 Å². The fourth-order valence-electron chi connectivity index (χ4n) is 1.64. The van der Waals surface area contributed by atoms with Crippen molar-refractivity contribution >= 4 is 28.4 Å². The highest BCUT2D eigenvalue weighted by atomic mass is 35.5. The zero-order valence-electron chi connectivity index (χ0n) is 6.35. The lowest BCUT2D eigenvalue weighted by atomic mass is 9.83. The van der Waals surface area contributed by atoms with Crippen LogP contribution in [0, 0.1) is 11.8 Å². The first-order valence-electron chi connectivity index (χ1n) is 3.99. The van der Waals surface area contributed by atoms with Crippen molar-refractivity contribution in [1.82, 2.24) is 0 Å². The van der Waals surface area contributed by atoms with Crippen LogP contribution in [0.4, 0.5) is 0 Å². The average molecular weight is 195 g/mol. The molecule has 1 saturated carbocycles. The summed E-state index contributed by atoms with van der Waals surface area (Å²) in [7, 11) is 0. The molecule has 0 bridgehead atoms. The summed E-state index contributed by atoms with van der Waals surface area (Å²) in [5.41, 5.74) is 0. The lowest BCUT2D eigenvalue weighted by molar-refractivity contribution is -0.116. The number of hydrogen-bond acceptors (Lipinski definition) is 1. The van der Waals surface area contributed by atoms with E-state index in [0.29, 0.717) is 11.8 Å². The average Bonchev–Trinajstić information content (AvgIpc) is 2.05.